The number of aryl methyl sites for hydroxylation is 2. The van der Waals surface area contributed by atoms with Crippen LogP contribution in [-0.2, 0) is 12.8 Å². The first kappa shape index (κ1) is 12.2. The number of nitrogens with zero attached hydrogens (tertiary/aromatic N) is 1. The highest BCUT2D eigenvalue weighted by molar-refractivity contribution is 5.43. The predicted molar refractivity (Wildman–Crippen MR) is 79.2 cm³/mol. The Morgan fingerprint density at radius 3 is 3.05 bits per heavy atom. The van der Waals surface area contributed by atoms with Crippen molar-refractivity contribution in [3.63, 3.8) is 0 Å². The summed E-state index contributed by atoms with van der Waals surface area (Å²) in [5.41, 5.74) is 11.4. The number of benzene rings is 1. The summed E-state index contributed by atoms with van der Waals surface area (Å²) < 4.78 is 0. The molecule has 0 aliphatic heterocycles. The molecule has 1 aromatic carbocycles. The van der Waals surface area contributed by atoms with Crippen LogP contribution < -0.4 is 5.73 Å². The van der Waals surface area contributed by atoms with Crippen molar-refractivity contribution in [1.29, 1.82) is 0 Å². The molecule has 2 heteroatoms. The van der Waals surface area contributed by atoms with Crippen molar-refractivity contribution < 1.29 is 0 Å². The lowest BCUT2D eigenvalue weighted by Crippen LogP contribution is -2.13. The Balaban J connectivity index is 1.90. The van der Waals surface area contributed by atoms with Gasteiger partial charge >= 0.3 is 0 Å². The number of hydrogen-bond acceptors (Lipinski definition) is 2. The van der Waals surface area contributed by atoms with Crippen LogP contribution in [0.3, 0.4) is 0 Å². The highest BCUT2D eigenvalue weighted by atomic mass is 14.8. The van der Waals surface area contributed by atoms with Gasteiger partial charge in [-0.15, -0.1) is 0 Å². The highest BCUT2D eigenvalue weighted by Gasteiger charge is 2.20. The molecular formula is C17H20N2. The van der Waals surface area contributed by atoms with Crippen molar-refractivity contribution >= 4 is 5.82 Å². The standard InChI is InChI=1S/C17H20N2/c1-12-9-15(17(18)19-11-12)10-14-7-4-6-13-5-2-3-8-16(13)14/h2-3,5,8-9,11,14H,4,6-7,10H2,1H3,(H2,18,19). The Morgan fingerprint density at radius 2 is 2.16 bits per heavy atom. The van der Waals surface area contributed by atoms with Gasteiger partial charge in [0.1, 0.15) is 5.82 Å². The second kappa shape index (κ2) is 5.04. The zero-order valence-electron chi connectivity index (χ0n) is 11.4. The third-order valence-electron chi connectivity index (χ3n) is 4.10. The average Bonchev–Trinajstić information content (AvgIpc) is 2.43. The summed E-state index contributed by atoms with van der Waals surface area (Å²) in [5.74, 6) is 1.28. The van der Waals surface area contributed by atoms with E-state index in [-0.39, 0.29) is 0 Å². The van der Waals surface area contributed by atoms with Crippen LogP contribution in [0.25, 0.3) is 0 Å². The quantitative estimate of drug-likeness (QED) is 0.886. The third-order valence-corrected chi connectivity index (χ3v) is 4.10. The molecule has 0 fully saturated rings. The van der Waals surface area contributed by atoms with Crippen molar-refractivity contribution in [1.82, 2.24) is 4.98 Å². The van der Waals surface area contributed by atoms with Crippen molar-refractivity contribution in [2.45, 2.75) is 38.5 Å². The van der Waals surface area contributed by atoms with Crippen molar-refractivity contribution in [2.75, 3.05) is 5.73 Å². The zero-order valence-corrected chi connectivity index (χ0v) is 11.4. The normalized spacial score (nSPS) is 18.1. The van der Waals surface area contributed by atoms with E-state index in [0.29, 0.717) is 11.7 Å². The minimum absolute atomic E-state index is 0.593. The zero-order chi connectivity index (χ0) is 13.2. The van der Waals surface area contributed by atoms with E-state index in [0.717, 1.165) is 6.42 Å². The Morgan fingerprint density at radius 1 is 1.32 bits per heavy atom. The van der Waals surface area contributed by atoms with Crippen molar-refractivity contribution in [3.8, 4) is 0 Å². The summed E-state index contributed by atoms with van der Waals surface area (Å²) in [7, 11) is 0. The summed E-state index contributed by atoms with van der Waals surface area (Å²) in [5, 5.41) is 0. The van der Waals surface area contributed by atoms with Gasteiger partial charge in [-0.3, -0.25) is 0 Å². The molecule has 0 spiro atoms. The van der Waals surface area contributed by atoms with E-state index >= 15 is 0 Å². The van der Waals surface area contributed by atoms with Gasteiger partial charge in [-0.25, -0.2) is 4.98 Å². The second-order valence-corrected chi connectivity index (χ2v) is 5.55. The lowest BCUT2D eigenvalue weighted by atomic mass is 9.79. The maximum absolute atomic E-state index is 6.02. The van der Waals surface area contributed by atoms with Gasteiger partial charge in [0.15, 0.2) is 0 Å². The van der Waals surface area contributed by atoms with E-state index in [9.17, 15) is 0 Å². The molecule has 2 aromatic rings. The first-order valence-electron chi connectivity index (χ1n) is 7.03. The Bertz CT molecular complexity index is 590. The molecule has 2 nitrogen and oxygen atoms in total. The largest absolute Gasteiger partial charge is 0.383 e. The molecule has 98 valence electrons. The van der Waals surface area contributed by atoms with Crippen LogP contribution in [0.5, 0.6) is 0 Å². The van der Waals surface area contributed by atoms with E-state index in [1.807, 2.05) is 6.20 Å². The van der Waals surface area contributed by atoms with Crippen LogP contribution in [0.4, 0.5) is 5.82 Å². The molecule has 1 aliphatic carbocycles. The molecule has 0 saturated heterocycles. The smallest absolute Gasteiger partial charge is 0.126 e. The summed E-state index contributed by atoms with van der Waals surface area (Å²) in [6, 6.07) is 11.0. The number of hydrogen-bond donors (Lipinski definition) is 1. The van der Waals surface area contributed by atoms with Crippen LogP contribution in [-0.4, -0.2) is 4.98 Å². The van der Waals surface area contributed by atoms with Gasteiger partial charge in [0, 0.05) is 6.20 Å². The van der Waals surface area contributed by atoms with Crippen LogP contribution in [0.15, 0.2) is 36.5 Å². The number of rotatable bonds is 2. The molecule has 0 radical (unpaired) electrons. The summed E-state index contributed by atoms with van der Waals surface area (Å²) >= 11 is 0. The molecule has 1 aliphatic rings. The minimum Gasteiger partial charge on any atom is -0.383 e. The SMILES string of the molecule is Cc1cnc(N)c(CC2CCCc3ccccc32)c1. The Labute approximate surface area is 114 Å². The monoisotopic (exact) mass is 252 g/mol. The van der Waals surface area contributed by atoms with Crippen molar-refractivity contribution in [2.24, 2.45) is 0 Å². The van der Waals surface area contributed by atoms with Gasteiger partial charge in [-0.05, 0) is 60.8 Å². The molecule has 3 rings (SSSR count). The van der Waals surface area contributed by atoms with E-state index in [1.165, 1.54) is 41.5 Å². The predicted octanol–water partition coefficient (Wildman–Crippen LogP) is 3.63. The third kappa shape index (κ3) is 2.48. The summed E-state index contributed by atoms with van der Waals surface area (Å²) in [6.07, 6.45) is 6.60. The topological polar surface area (TPSA) is 38.9 Å². The highest BCUT2D eigenvalue weighted by Crippen LogP contribution is 2.34. The van der Waals surface area contributed by atoms with Crippen LogP contribution in [0, 0.1) is 6.92 Å². The van der Waals surface area contributed by atoms with Gasteiger partial charge in [0.05, 0.1) is 0 Å². The Kier molecular flexibility index (Phi) is 3.24. The van der Waals surface area contributed by atoms with E-state index in [1.54, 1.807) is 0 Å². The van der Waals surface area contributed by atoms with Gasteiger partial charge in [-0.1, -0.05) is 30.3 Å². The van der Waals surface area contributed by atoms with Gasteiger partial charge in [-0.2, -0.15) is 0 Å². The number of anilines is 1. The maximum atomic E-state index is 6.02. The first-order chi connectivity index (χ1) is 9.24. The lowest BCUT2D eigenvalue weighted by molar-refractivity contribution is 0.550. The fourth-order valence-electron chi connectivity index (χ4n) is 3.14. The number of pyridine rings is 1. The summed E-state index contributed by atoms with van der Waals surface area (Å²) in [6.45, 7) is 2.07. The van der Waals surface area contributed by atoms with Crippen LogP contribution >= 0.6 is 0 Å². The second-order valence-electron chi connectivity index (χ2n) is 5.55. The molecule has 19 heavy (non-hydrogen) atoms. The first-order valence-corrected chi connectivity index (χ1v) is 7.03. The van der Waals surface area contributed by atoms with Crippen molar-refractivity contribution in [3.05, 3.63) is 58.8 Å². The fraction of sp³-hybridized carbons (Fsp3) is 0.353. The fourth-order valence-corrected chi connectivity index (χ4v) is 3.14. The molecule has 1 aromatic heterocycles. The molecule has 0 amide bonds. The van der Waals surface area contributed by atoms with E-state index in [2.05, 4.69) is 42.2 Å². The molecular weight excluding hydrogens is 232 g/mol. The average molecular weight is 252 g/mol. The molecule has 1 unspecified atom stereocenters. The van der Waals surface area contributed by atoms with Crippen LogP contribution in [0.2, 0.25) is 0 Å². The van der Waals surface area contributed by atoms with E-state index in [4.69, 9.17) is 5.73 Å². The molecule has 1 atom stereocenters. The molecule has 0 saturated carbocycles. The minimum atomic E-state index is 0.593. The summed E-state index contributed by atoms with van der Waals surface area (Å²) in [4.78, 5) is 4.28. The number of fused-ring (bicyclic) bond motifs is 1. The van der Waals surface area contributed by atoms with Gasteiger partial charge < -0.3 is 5.73 Å². The van der Waals surface area contributed by atoms with Gasteiger partial charge in [0.25, 0.3) is 0 Å². The number of aromatic nitrogens is 1. The lowest BCUT2D eigenvalue weighted by Gasteiger charge is -2.25. The maximum Gasteiger partial charge on any atom is 0.126 e. The van der Waals surface area contributed by atoms with Gasteiger partial charge in [0.2, 0.25) is 0 Å². The van der Waals surface area contributed by atoms with E-state index < -0.39 is 0 Å². The number of nitrogen functional groups attached to an aromatic ring is 1. The Hall–Kier alpha value is -1.83. The molecule has 0 bridgehead atoms. The number of nitrogens with two attached hydrogens (primary N) is 1. The molecule has 1 heterocycles. The van der Waals surface area contributed by atoms with Crippen LogP contribution in [0.1, 0.15) is 41.0 Å². The molecule has 2 N–H and O–H groups in total.